The summed E-state index contributed by atoms with van der Waals surface area (Å²) in [6.07, 6.45) is 0. The van der Waals surface area contributed by atoms with Crippen molar-refractivity contribution in [1.82, 2.24) is 0 Å². The van der Waals surface area contributed by atoms with Crippen LogP contribution in [0.2, 0.25) is 0 Å². The van der Waals surface area contributed by atoms with E-state index in [-0.39, 0.29) is 0 Å². The highest BCUT2D eigenvalue weighted by atomic mass is 32.1. The normalized spacial score (nSPS) is 12.9. The molecule has 1 heterocycles. The summed E-state index contributed by atoms with van der Waals surface area (Å²) in [7, 11) is 0. The Bertz CT molecular complexity index is 3320. The summed E-state index contributed by atoms with van der Waals surface area (Å²) in [5.74, 6) is 0. The van der Waals surface area contributed by atoms with Crippen LogP contribution in [0.3, 0.4) is 0 Å². The lowest BCUT2D eigenvalue weighted by molar-refractivity contribution is 0.768. The Balaban J connectivity index is 0.939. The molecule has 10 aromatic carbocycles. The van der Waals surface area contributed by atoms with E-state index in [2.05, 4.69) is 229 Å². The minimum Gasteiger partial charge on any atom is -0.311 e. The van der Waals surface area contributed by atoms with Gasteiger partial charge in [-0.3, -0.25) is 0 Å². The van der Waals surface area contributed by atoms with Crippen molar-refractivity contribution in [1.29, 1.82) is 0 Å². The summed E-state index contributed by atoms with van der Waals surface area (Å²) in [4.78, 5) is 2.36. The standard InChI is InChI=1S/C57H37NS/c1-3-13-42(14-4-1)57(52-20-10-7-17-48(52)49-18-8-11-21-53(49)57)43-29-33-46(34-30-43)58(44-15-5-2-6-16-44)45-31-25-38(26-32-45)40-28-35-47-41(37-40)24-23-39-27-36-51-50-19-9-12-22-54(50)59-56(51)55(39)47/h1-37H. The van der Waals surface area contributed by atoms with Gasteiger partial charge in [0, 0.05) is 42.6 Å². The Morgan fingerprint density at radius 2 is 0.881 bits per heavy atom. The van der Waals surface area contributed by atoms with Gasteiger partial charge in [-0.2, -0.15) is 0 Å². The second-order valence-corrected chi connectivity index (χ2v) is 16.7. The van der Waals surface area contributed by atoms with Crippen molar-refractivity contribution in [3.8, 4) is 22.3 Å². The Labute approximate surface area is 347 Å². The molecule has 0 aliphatic heterocycles. The quantitative estimate of drug-likeness (QED) is 0.152. The molecule has 0 N–H and O–H groups in total. The van der Waals surface area contributed by atoms with E-state index in [9.17, 15) is 0 Å². The number of hydrogen-bond donors (Lipinski definition) is 0. The zero-order valence-electron chi connectivity index (χ0n) is 32.2. The maximum Gasteiger partial charge on any atom is 0.0713 e. The molecule has 0 bridgehead atoms. The third kappa shape index (κ3) is 5.17. The zero-order chi connectivity index (χ0) is 38.9. The Morgan fingerprint density at radius 3 is 1.61 bits per heavy atom. The molecule has 2 heteroatoms. The zero-order valence-corrected chi connectivity index (χ0v) is 33.0. The van der Waals surface area contributed by atoms with E-state index in [0.717, 1.165) is 17.1 Å². The molecule has 11 aromatic rings. The van der Waals surface area contributed by atoms with E-state index >= 15 is 0 Å². The molecular weight excluding hydrogens is 731 g/mol. The van der Waals surface area contributed by atoms with Gasteiger partial charge in [0.1, 0.15) is 0 Å². The molecule has 0 saturated carbocycles. The average Bonchev–Trinajstić information content (AvgIpc) is 3.84. The van der Waals surface area contributed by atoms with E-state index in [0.29, 0.717) is 0 Å². The molecule has 1 aliphatic carbocycles. The van der Waals surface area contributed by atoms with Crippen LogP contribution < -0.4 is 4.90 Å². The van der Waals surface area contributed by atoms with Crippen molar-refractivity contribution in [2.75, 3.05) is 4.90 Å². The second-order valence-electron chi connectivity index (χ2n) is 15.6. The number of rotatable bonds is 6. The Morgan fingerprint density at radius 1 is 0.356 bits per heavy atom. The molecule has 0 radical (unpaired) electrons. The third-order valence-electron chi connectivity index (χ3n) is 12.5. The van der Waals surface area contributed by atoms with Gasteiger partial charge < -0.3 is 4.90 Å². The lowest BCUT2D eigenvalue weighted by Gasteiger charge is -2.34. The van der Waals surface area contributed by atoms with Crippen molar-refractivity contribution in [2.45, 2.75) is 5.41 Å². The molecule has 0 saturated heterocycles. The van der Waals surface area contributed by atoms with Gasteiger partial charge in [0.25, 0.3) is 0 Å². The summed E-state index contributed by atoms with van der Waals surface area (Å²) in [5.41, 5.74) is 13.1. The molecule has 1 aromatic heterocycles. The summed E-state index contributed by atoms with van der Waals surface area (Å²) >= 11 is 1.90. The molecule has 59 heavy (non-hydrogen) atoms. The molecule has 276 valence electrons. The first kappa shape index (κ1) is 33.8. The third-order valence-corrected chi connectivity index (χ3v) is 13.7. The van der Waals surface area contributed by atoms with Crippen LogP contribution in [0.5, 0.6) is 0 Å². The largest absolute Gasteiger partial charge is 0.311 e. The molecule has 1 nitrogen and oxygen atoms in total. The van der Waals surface area contributed by atoms with Gasteiger partial charge in [-0.1, -0.05) is 176 Å². The average molecular weight is 768 g/mol. The highest BCUT2D eigenvalue weighted by Crippen LogP contribution is 2.56. The smallest absolute Gasteiger partial charge is 0.0713 e. The molecule has 0 unspecified atom stereocenters. The predicted molar refractivity (Wildman–Crippen MR) is 252 cm³/mol. The van der Waals surface area contributed by atoms with E-state index in [4.69, 9.17) is 0 Å². The minimum atomic E-state index is -0.428. The van der Waals surface area contributed by atoms with Crippen LogP contribution in [-0.4, -0.2) is 0 Å². The maximum atomic E-state index is 2.36. The fourth-order valence-electron chi connectivity index (χ4n) is 9.91. The van der Waals surface area contributed by atoms with Crippen LogP contribution in [0.4, 0.5) is 17.1 Å². The minimum absolute atomic E-state index is 0.428. The van der Waals surface area contributed by atoms with E-state index < -0.39 is 5.41 Å². The predicted octanol–water partition coefficient (Wildman–Crippen LogP) is 15.9. The number of benzene rings is 10. The molecule has 0 atom stereocenters. The van der Waals surface area contributed by atoms with Gasteiger partial charge in [0.05, 0.1) is 5.41 Å². The fourth-order valence-corrected chi connectivity index (χ4v) is 11.2. The highest BCUT2D eigenvalue weighted by molar-refractivity contribution is 7.26. The number of hydrogen-bond acceptors (Lipinski definition) is 2. The van der Waals surface area contributed by atoms with Crippen molar-refractivity contribution >= 4 is 70.1 Å². The fraction of sp³-hybridized carbons (Fsp3) is 0.0175. The topological polar surface area (TPSA) is 3.24 Å². The molecule has 0 amide bonds. The van der Waals surface area contributed by atoms with E-state index in [1.807, 2.05) is 11.3 Å². The van der Waals surface area contributed by atoms with Crippen molar-refractivity contribution in [3.63, 3.8) is 0 Å². The molecule has 0 spiro atoms. The van der Waals surface area contributed by atoms with Crippen molar-refractivity contribution < 1.29 is 0 Å². The number of anilines is 3. The van der Waals surface area contributed by atoms with Gasteiger partial charge in [0.2, 0.25) is 0 Å². The summed E-state index contributed by atoms with van der Waals surface area (Å²) in [5, 5.41) is 7.88. The van der Waals surface area contributed by atoms with Gasteiger partial charge in [-0.05, 0) is 109 Å². The molecule has 1 aliphatic rings. The van der Waals surface area contributed by atoms with Crippen molar-refractivity contribution in [3.05, 3.63) is 247 Å². The van der Waals surface area contributed by atoms with Gasteiger partial charge in [0.15, 0.2) is 0 Å². The Kier molecular flexibility index (Phi) is 7.69. The highest BCUT2D eigenvalue weighted by Gasteiger charge is 2.45. The number of para-hydroxylation sites is 1. The number of nitrogens with zero attached hydrogens (tertiary/aromatic N) is 1. The first-order valence-corrected chi connectivity index (χ1v) is 21.2. The van der Waals surface area contributed by atoms with Gasteiger partial charge in [-0.15, -0.1) is 11.3 Å². The maximum absolute atomic E-state index is 2.36. The van der Waals surface area contributed by atoms with E-state index in [1.54, 1.807) is 0 Å². The summed E-state index contributed by atoms with van der Waals surface area (Å²) in [6.45, 7) is 0. The van der Waals surface area contributed by atoms with Gasteiger partial charge >= 0.3 is 0 Å². The summed E-state index contributed by atoms with van der Waals surface area (Å²) < 4.78 is 2.71. The number of fused-ring (bicyclic) bond motifs is 10. The summed E-state index contributed by atoms with van der Waals surface area (Å²) in [6, 6.07) is 82.8. The van der Waals surface area contributed by atoms with Crippen LogP contribution >= 0.6 is 11.3 Å². The first-order valence-electron chi connectivity index (χ1n) is 20.3. The second kappa shape index (κ2) is 13.4. The lowest BCUT2D eigenvalue weighted by Crippen LogP contribution is -2.28. The van der Waals surface area contributed by atoms with E-state index in [1.165, 1.54) is 86.2 Å². The molecule has 12 rings (SSSR count). The molecular formula is C57H37NS. The van der Waals surface area contributed by atoms with Gasteiger partial charge in [-0.25, -0.2) is 0 Å². The number of thiophene rings is 1. The van der Waals surface area contributed by atoms with Crippen LogP contribution in [0.1, 0.15) is 22.3 Å². The van der Waals surface area contributed by atoms with Crippen LogP contribution in [0.25, 0.3) is 64.0 Å². The van der Waals surface area contributed by atoms with Crippen LogP contribution in [0, 0.1) is 0 Å². The van der Waals surface area contributed by atoms with Crippen molar-refractivity contribution in [2.24, 2.45) is 0 Å². The van der Waals surface area contributed by atoms with Crippen LogP contribution in [0.15, 0.2) is 224 Å². The Hall–Kier alpha value is -7.26. The lowest BCUT2D eigenvalue weighted by atomic mass is 9.68. The van der Waals surface area contributed by atoms with Crippen LogP contribution in [-0.2, 0) is 5.41 Å². The first-order chi connectivity index (χ1) is 29.3. The molecule has 0 fully saturated rings. The monoisotopic (exact) mass is 767 g/mol. The SMILES string of the molecule is c1ccc(N(c2ccc(-c3ccc4c(ccc5ccc6c7ccccc7sc6c54)c3)cc2)c2ccc(C3(c4ccccc4)c4ccccc4-c4ccccc43)cc2)cc1.